The Morgan fingerprint density at radius 1 is 0.731 bits per heavy atom. The molecule has 0 amide bonds. The number of rotatable bonds is 13. The first-order chi connectivity index (χ1) is 12.0. The van der Waals surface area contributed by atoms with Crippen LogP contribution in [0, 0.1) is 0 Å². The molecule has 0 unspecified atom stereocenters. The smallest absolute Gasteiger partial charge is 0.399 e. The second-order valence-corrected chi connectivity index (χ2v) is 4.64. The van der Waals surface area contributed by atoms with Crippen LogP contribution in [0.3, 0.4) is 0 Å². The van der Waals surface area contributed by atoms with E-state index in [1.54, 1.807) is 0 Å². The van der Waals surface area contributed by atoms with Crippen molar-refractivity contribution in [1.82, 2.24) is 0 Å². The molecule has 0 spiro atoms. The fourth-order valence-corrected chi connectivity index (χ4v) is 1.37. The first kappa shape index (κ1) is 24.8. The van der Waals surface area contributed by atoms with Gasteiger partial charge in [-0.05, 0) is 0 Å². The summed E-state index contributed by atoms with van der Waals surface area (Å²) in [6.07, 6.45) is -12.8. The Morgan fingerprint density at radius 2 is 1.08 bits per heavy atom. The Bertz CT molecular complexity index is 385. The zero-order valence-corrected chi connectivity index (χ0v) is 13.8. The van der Waals surface area contributed by atoms with E-state index >= 15 is 0 Å². The van der Waals surface area contributed by atoms with Crippen molar-refractivity contribution < 1.29 is 59.9 Å². The molecule has 0 aliphatic rings. The third kappa shape index (κ3) is 8.03. The van der Waals surface area contributed by atoms with Gasteiger partial charge in [0.05, 0.1) is 46.2 Å². The number of esters is 1. The molecule has 0 saturated heterocycles. The summed E-state index contributed by atoms with van der Waals surface area (Å²) in [5, 5.41) is 11.0. The van der Waals surface area contributed by atoms with Crippen molar-refractivity contribution in [3.05, 3.63) is 0 Å². The monoisotopic (exact) mass is 401 g/mol. The summed E-state index contributed by atoms with van der Waals surface area (Å²) < 4.78 is 97.2. The Labute approximate surface area is 145 Å². The molecule has 0 aliphatic heterocycles. The molecule has 0 fully saturated rings. The maximum absolute atomic E-state index is 12.3. The van der Waals surface area contributed by atoms with Gasteiger partial charge in [-0.1, -0.05) is 0 Å². The van der Waals surface area contributed by atoms with Crippen LogP contribution in [0.25, 0.3) is 0 Å². The number of halogens is 6. The number of methoxy groups -OCH3 is 1. The highest BCUT2D eigenvalue weighted by molar-refractivity contribution is 5.81. The second-order valence-electron chi connectivity index (χ2n) is 4.64. The van der Waals surface area contributed by atoms with Crippen LogP contribution in [0.15, 0.2) is 0 Å². The van der Waals surface area contributed by atoms with Crippen molar-refractivity contribution in [3.63, 3.8) is 0 Å². The molecule has 0 saturated carbocycles. The molecular formula is C13H19F6O7-. The highest BCUT2D eigenvalue weighted by Crippen LogP contribution is 2.41. The van der Waals surface area contributed by atoms with Crippen LogP contribution in [0.5, 0.6) is 0 Å². The van der Waals surface area contributed by atoms with Crippen molar-refractivity contribution in [2.24, 2.45) is 0 Å². The minimum absolute atomic E-state index is 0.0588. The summed E-state index contributed by atoms with van der Waals surface area (Å²) in [6, 6.07) is 0. The first-order valence-electron chi connectivity index (χ1n) is 7.21. The van der Waals surface area contributed by atoms with Crippen molar-refractivity contribution in [3.8, 4) is 0 Å². The number of carbonyl (C=O) groups excluding carboxylic acids is 1. The summed E-state index contributed by atoms with van der Waals surface area (Å²) in [4.78, 5) is 11.0. The number of alkyl halides is 6. The van der Waals surface area contributed by atoms with Gasteiger partial charge in [-0.3, -0.25) is 4.79 Å². The molecule has 7 nitrogen and oxygen atoms in total. The van der Waals surface area contributed by atoms with Crippen LogP contribution in [0.2, 0.25) is 0 Å². The molecule has 0 aromatic carbocycles. The summed E-state index contributed by atoms with van der Waals surface area (Å²) in [6.45, 7) is -0.109. The lowest BCUT2D eigenvalue weighted by atomic mass is 10.0. The summed E-state index contributed by atoms with van der Waals surface area (Å²) in [7, 11) is 1.51. The lowest BCUT2D eigenvalue weighted by Gasteiger charge is -2.40. The van der Waals surface area contributed by atoms with Crippen LogP contribution in [0.4, 0.5) is 26.3 Å². The average molecular weight is 401 g/mol. The minimum atomic E-state index is -6.39. The van der Waals surface area contributed by atoms with E-state index in [9.17, 15) is 36.2 Å². The molecule has 0 rings (SSSR count). The van der Waals surface area contributed by atoms with Crippen LogP contribution >= 0.6 is 0 Å². The number of hydrogen-bond donors (Lipinski definition) is 0. The number of carbonyl (C=O) groups is 1. The molecule has 0 radical (unpaired) electrons. The quantitative estimate of drug-likeness (QED) is 0.252. The van der Waals surface area contributed by atoms with Crippen LogP contribution in [-0.4, -0.2) is 83.9 Å². The summed E-state index contributed by atoms with van der Waals surface area (Å²) >= 11 is 0. The molecule has 13 heteroatoms. The molecular weight excluding hydrogens is 382 g/mol. The van der Waals surface area contributed by atoms with Crippen molar-refractivity contribution >= 4 is 5.97 Å². The van der Waals surface area contributed by atoms with Gasteiger partial charge in [0.15, 0.2) is 5.60 Å². The standard InChI is InChI=1S/C13H19F6O7/c1-22-2-3-23-4-5-24-6-7-25-8-9-26-10(20)11(21,12(14,15)16)13(17,18)19/h2-9H2,1H3/q-1. The Hall–Kier alpha value is -1.15. The summed E-state index contributed by atoms with van der Waals surface area (Å²) in [5.41, 5.74) is -5.84. The topological polar surface area (TPSA) is 86.3 Å². The fourth-order valence-electron chi connectivity index (χ4n) is 1.37. The van der Waals surface area contributed by atoms with Gasteiger partial charge in [-0.15, -0.1) is 0 Å². The maximum Gasteiger partial charge on any atom is 0.399 e. The van der Waals surface area contributed by atoms with Gasteiger partial charge in [0.25, 0.3) is 0 Å². The van der Waals surface area contributed by atoms with Gasteiger partial charge >= 0.3 is 18.3 Å². The molecule has 0 aromatic rings. The van der Waals surface area contributed by atoms with Crippen molar-refractivity contribution in [2.75, 3.05) is 60.0 Å². The second kappa shape index (κ2) is 11.5. The lowest BCUT2D eigenvalue weighted by Crippen LogP contribution is -2.71. The molecule has 26 heavy (non-hydrogen) atoms. The Kier molecular flexibility index (Phi) is 11.0. The Balaban J connectivity index is 3.92. The SMILES string of the molecule is COCCOCCOCCOCCOC(=O)C([O-])(C(F)(F)F)C(F)(F)F. The highest BCUT2D eigenvalue weighted by Gasteiger charge is 2.68. The summed E-state index contributed by atoms with van der Waals surface area (Å²) in [5.74, 6) is -2.98. The molecule has 0 heterocycles. The maximum atomic E-state index is 12.3. The largest absolute Gasteiger partial charge is 0.828 e. The lowest BCUT2D eigenvalue weighted by molar-refractivity contribution is -0.574. The van der Waals surface area contributed by atoms with E-state index < -0.39 is 37.1 Å². The van der Waals surface area contributed by atoms with Gasteiger partial charge in [-0.25, -0.2) is 0 Å². The van der Waals surface area contributed by atoms with Crippen molar-refractivity contribution in [2.45, 2.75) is 18.0 Å². The van der Waals surface area contributed by atoms with Gasteiger partial charge in [0, 0.05) is 7.11 Å². The van der Waals surface area contributed by atoms with E-state index in [-0.39, 0.29) is 19.8 Å². The third-order valence-corrected chi connectivity index (χ3v) is 2.72. The number of hydrogen-bond acceptors (Lipinski definition) is 7. The average Bonchev–Trinajstić information content (AvgIpc) is 2.52. The van der Waals surface area contributed by atoms with Gasteiger partial charge in [0.2, 0.25) is 0 Å². The van der Waals surface area contributed by atoms with E-state index in [0.717, 1.165) is 0 Å². The van der Waals surface area contributed by atoms with Crippen LogP contribution in [0.1, 0.15) is 0 Å². The normalized spacial score (nSPS) is 13.1. The molecule has 156 valence electrons. The predicted molar refractivity (Wildman–Crippen MR) is 70.1 cm³/mol. The molecule has 0 bridgehead atoms. The first-order valence-corrected chi connectivity index (χ1v) is 7.21. The van der Waals surface area contributed by atoms with Crippen LogP contribution in [-0.2, 0) is 28.5 Å². The van der Waals surface area contributed by atoms with Crippen molar-refractivity contribution in [1.29, 1.82) is 0 Å². The molecule has 0 aromatic heterocycles. The van der Waals surface area contributed by atoms with Gasteiger partial charge in [-0.2, -0.15) is 26.3 Å². The van der Waals surface area contributed by atoms with E-state index in [1.807, 2.05) is 0 Å². The predicted octanol–water partition coefficient (Wildman–Crippen LogP) is 0.449. The third-order valence-electron chi connectivity index (χ3n) is 2.72. The van der Waals surface area contributed by atoms with Gasteiger partial charge < -0.3 is 28.8 Å². The van der Waals surface area contributed by atoms with E-state index in [4.69, 9.17) is 18.9 Å². The number of ether oxygens (including phenoxy) is 5. The van der Waals surface area contributed by atoms with E-state index in [0.29, 0.717) is 19.8 Å². The molecule has 0 N–H and O–H groups in total. The van der Waals surface area contributed by atoms with Crippen LogP contribution < -0.4 is 5.11 Å². The molecule has 0 atom stereocenters. The minimum Gasteiger partial charge on any atom is -0.828 e. The van der Waals surface area contributed by atoms with E-state index in [1.165, 1.54) is 7.11 Å². The Morgan fingerprint density at radius 3 is 1.42 bits per heavy atom. The zero-order chi connectivity index (χ0) is 20.3. The zero-order valence-electron chi connectivity index (χ0n) is 13.8. The fraction of sp³-hybridized carbons (Fsp3) is 0.923. The van der Waals surface area contributed by atoms with Gasteiger partial charge in [0.1, 0.15) is 6.61 Å². The highest BCUT2D eigenvalue weighted by atomic mass is 19.4. The van der Waals surface area contributed by atoms with E-state index in [2.05, 4.69) is 4.74 Å². The molecule has 0 aliphatic carbocycles.